The molecule has 4 nitrogen and oxygen atoms in total. The molecular weight excluding hydrogens is 236 g/mol. The van der Waals surface area contributed by atoms with Crippen LogP contribution in [0.2, 0.25) is 0 Å². The van der Waals surface area contributed by atoms with Crippen LogP contribution in [0.3, 0.4) is 0 Å². The lowest BCUT2D eigenvalue weighted by atomic mass is 10.2. The molecule has 0 saturated heterocycles. The number of nitrogens with zero attached hydrogens (tertiary/aromatic N) is 1. The van der Waals surface area contributed by atoms with Crippen molar-refractivity contribution in [2.75, 3.05) is 23.9 Å². The van der Waals surface area contributed by atoms with E-state index in [-0.39, 0.29) is 12.5 Å². The topological polar surface area (TPSA) is 62.2 Å². The van der Waals surface area contributed by atoms with Gasteiger partial charge in [0.05, 0.1) is 12.4 Å². The van der Waals surface area contributed by atoms with Gasteiger partial charge in [-0.15, -0.1) is 0 Å². The molecule has 1 amide bonds. The molecule has 1 heterocycles. The number of aliphatic hydroxyl groups excluding tert-OH is 1. The fraction of sp³-hybridized carbons (Fsp3) is 0.333. The molecule has 0 saturated carbocycles. The third kappa shape index (κ3) is 5.38. The lowest BCUT2D eigenvalue weighted by Crippen LogP contribution is -2.14. The summed E-state index contributed by atoms with van der Waals surface area (Å²) in [5, 5.41) is 11.3. The van der Waals surface area contributed by atoms with Crippen LogP contribution in [-0.4, -0.2) is 34.6 Å². The number of rotatable bonds is 4. The minimum Gasteiger partial charge on any atom is -0.395 e. The van der Waals surface area contributed by atoms with E-state index < -0.39 is 0 Å². The lowest BCUT2D eigenvalue weighted by Gasteiger charge is -2.02. The van der Waals surface area contributed by atoms with Crippen LogP contribution in [-0.2, 0) is 4.79 Å². The maximum Gasteiger partial charge on any atom is 0.235 e. The van der Waals surface area contributed by atoms with Crippen molar-refractivity contribution < 1.29 is 9.90 Å². The number of carbonyl (C=O) groups excluding carboxylic acids is 1. The molecule has 0 aliphatic carbocycles. The number of aliphatic hydroxyl groups is 1. The first-order chi connectivity index (χ1) is 8.26. The van der Waals surface area contributed by atoms with E-state index in [0.717, 1.165) is 5.56 Å². The van der Waals surface area contributed by atoms with Gasteiger partial charge in [0.1, 0.15) is 5.82 Å². The maximum absolute atomic E-state index is 11.3. The first-order valence-electron chi connectivity index (χ1n) is 5.11. The fourth-order valence-corrected chi connectivity index (χ4v) is 1.44. The Labute approximate surface area is 105 Å². The highest BCUT2D eigenvalue weighted by molar-refractivity contribution is 7.99. The highest BCUT2D eigenvalue weighted by atomic mass is 32.2. The maximum atomic E-state index is 11.3. The molecule has 1 aromatic rings. The summed E-state index contributed by atoms with van der Waals surface area (Å²) in [6.45, 7) is 0.0510. The van der Waals surface area contributed by atoms with Gasteiger partial charge in [-0.3, -0.25) is 4.79 Å². The predicted molar refractivity (Wildman–Crippen MR) is 69.8 cm³/mol. The van der Waals surface area contributed by atoms with Gasteiger partial charge in [0.15, 0.2) is 0 Å². The molecule has 0 aliphatic heterocycles. The Kier molecular flexibility index (Phi) is 6.15. The Morgan fingerprint density at radius 2 is 2.47 bits per heavy atom. The van der Waals surface area contributed by atoms with Crippen molar-refractivity contribution >= 4 is 23.5 Å². The quantitative estimate of drug-likeness (QED) is 0.786. The molecule has 0 atom stereocenters. The van der Waals surface area contributed by atoms with Crippen molar-refractivity contribution in [1.82, 2.24) is 4.98 Å². The lowest BCUT2D eigenvalue weighted by molar-refractivity contribution is -0.113. The van der Waals surface area contributed by atoms with Crippen molar-refractivity contribution in [3.63, 3.8) is 0 Å². The fourth-order valence-electron chi connectivity index (χ4n) is 1.11. The number of thioether (sulfide) groups is 1. The largest absolute Gasteiger partial charge is 0.395 e. The Morgan fingerprint density at radius 3 is 3.18 bits per heavy atom. The van der Waals surface area contributed by atoms with Gasteiger partial charge in [-0.2, -0.15) is 11.8 Å². The molecule has 0 unspecified atom stereocenters. The van der Waals surface area contributed by atoms with E-state index in [2.05, 4.69) is 22.1 Å². The first kappa shape index (κ1) is 13.6. The van der Waals surface area contributed by atoms with E-state index in [1.807, 2.05) is 6.26 Å². The number of hydrogen-bond acceptors (Lipinski definition) is 4. The summed E-state index contributed by atoms with van der Waals surface area (Å²) in [5.41, 5.74) is 0.771. The molecule has 0 aromatic carbocycles. The zero-order chi connectivity index (χ0) is 12.5. The zero-order valence-electron chi connectivity index (χ0n) is 9.56. The Balaban J connectivity index is 2.66. The van der Waals surface area contributed by atoms with Crippen molar-refractivity contribution in [3.8, 4) is 11.8 Å². The van der Waals surface area contributed by atoms with E-state index >= 15 is 0 Å². The van der Waals surface area contributed by atoms with Crippen LogP contribution >= 0.6 is 11.8 Å². The third-order valence-corrected chi connectivity index (χ3v) is 2.32. The molecule has 90 valence electrons. The minimum absolute atomic E-state index is 0.0510. The van der Waals surface area contributed by atoms with Crippen LogP contribution < -0.4 is 5.32 Å². The number of anilines is 1. The molecule has 5 heteroatoms. The molecule has 0 radical (unpaired) electrons. The van der Waals surface area contributed by atoms with Gasteiger partial charge in [-0.1, -0.05) is 11.8 Å². The number of aromatic nitrogens is 1. The van der Waals surface area contributed by atoms with Crippen molar-refractivity contribution in [3.05, 3.63) is 23.9 Å². The molecule has 17 heavy (non-hydrogen) atoms. The normalized spacial score (nSPS) is 9.29. The van der Waals surface area contributed by atoms with E-state index in [9.17, 15) is 4.79 Å². The first-order valence-corrected chi connectivity index (χ1v) is 6.50. The summed E-state index contributed by atoms with van der Waals surface area (Å²) < 4.78 is 0. The highest BCUT2D eigenvalue weighted by Gasteiger charge is 2.01. The second kappa shape index (κ2) is 7.71. The highest BCUT2D eigenvalue weighted by Crippen LogP contribution is 2.06. The second-order valence-electron chi connectivity index (χ2n) is 3.19. The second-order valence-corrected chi connectivity index (χ2v) is 4.05. The summed E-state index contributed by atoms with van der Waals surface area (Å²) in [7, 11) is 0. The van der Waals surface area contributed by atoms with E-state index in [1.54, 1.807) is 18.3 Å². The molecule has 0 spiro atoms. The van der Waals surface area contributed by atoms with Crippen LogP contribution in [0, 0.1) is 11.8 Å². The van der Waals surface area contributed by atoms with Crippen LogP contribution in [0.25, 0.3) is 0 Å². The number of pyridine rings is 1. The molecule has 1 aromatic heterocycles. The molecule has 0 aliphatic rings. The summed E-state index contributed by atoms with van der Waals surface area (Å²) in [6.07, 6.45) is 3.90. The van der Waals surface area contributed by atoms with E-state index in [0.29, 0.717) is 18.0 Å². The third-order valence-electron chi connectivity index (χ3n) is 1.77. The SMILES string of the molecule is CSCC(=O)Nc1cc(C#CCCO)ccn1. The van der Waals surface area contributed by atoms with Crippen molar-refractivity contribution in [2.24, 2.45) is 0 Å². The van der Waals surface area contributed by atoms with Crippen molar-refractivity contribution in [1.29, 1.82) is 0 Å². The Hall–Kier alpha value is -1.51. The molecule has 2 N–H and O–H groups in total. The average molecular weight is 250 g/mol. The van der Waals surface area contributed by atoms with Gasteiger partial charge in [-0.05, 0) is 18.4 Å². The van der Waals surface area contributed by atoms with E-state index in [4.69, 9.17) is 5.11 Å². The van der Waals surface area contributed by atoms with Gasteiger partial charge in [-0.25, -0.2) is 4.98 Å². The smallest absolute Gasteiger partial charge is 0.235 e. The van der Waals surface area contributed by atoms with Gasteiger partial charge < -0.3 is 10.4 Å². The summed E-state index contributed by atoms with van der Waals surface area (Å²) in [4.78, 5) is 15.4. The molecule has 1 rings (SSSR count). The zero-order valence-corrected chi connectivity index (χ0v) is 10.4. The Morgan fingerprint density at radius 1 is 1.65 bits per heavy atom. The monoisotopic (exact) mass is 250 g/mol. The minimum atomic E-state index is -0.0783. The summed E-state index contributed by atoms with van der Waals surface area (Å²) in [5.74, 6) is 6.52. The number of amides is 1. The molecular formula is C12H14N2O2S. The van der Waals surface area contributed by atoms with E-state index in [1.165, 1.54) is 11.8 Å². The van der Waals surface area contributed by atoms with Gasteiger partial charge in [0.2, 0.25) is 5.91 Å². The van der Waals surface area contributed by atoms with Crippen LogP contribution in [0.4, 0.5) is 5.82 Å². The predicted octanol–water partition coefficient (Wildman–Crippen LogP) is 1.12. The summed E-state index contributed by atoms with van der Waals surface area (Å²) >= 11 is 1.45. The number of carbonyl (C=O) groups is 1. The molecule has 0 bridgehead atoms. The van der Waals surface area contributed by atoms with Gasteiger partial charge >= 0.3 is 0 Å². The number of nitrogens with one attached hydrogen (secondary N) is 1. The van der Waals surface area contributed by atoms with Gasteiger partial charge in [0.25, 0.3) is 0 Å². The average Bonchev–Trinajstić information content (AvgIpc) is 2.30. The van der Waals surface area contributed by atoms with Crippen LogP contribution in [0.5, 0.6) is 0 Å². The van der Waals surface area contributed by atoms with Crippen LogP contribution in [0.15, 0.2) is 18.3 Å². The van der Waals surface area contributed by atoms with Gasteiger partial charge in [0, 0.05) is 18.2 Å². The number of hydrogen-bond donors (Lipinski definition) is 2. The van der Waals surface area contributed by atoms with Crippen molar-refractivity contribution in [2.45, 2.75) is 6.42 Å². The standard InChI is InChI=1S/C12H14N2O2S/c1-17-9-12(16)14-11-8-10(5-6-13-11)4-2-3-7-15/h5-6,8,15H,3,7,9H2,1H3,(H,13,14,16). The summed E-state index contributed by atoms with van der Waals surface area (Å²) in [6, 6.07) is 3.47. The van der Waals surface area contributed by atoms with Crippen LogP contribution in [0.1, 0.15) is 12.0 Å². The Bertz CT molecular complexity index is 438. The molecule has 0 fully saturated rings.